The summed E-state index contributed by atoms with van der Waals surface area (Å²) in [6.45, 7) is 2.19. The van der Waals surface area contributed by atoms with Gasteiger partial charge < -0.3 is 0 Å². The molecular weight excluding hydrogens is 276 g/mol. The van der Waals surface area contributed by atoms with E-state index in [1.165, 1.54) is 60.4 Å². The highest BCUT2D eigenvalue weighted by molar-refractivity contribution is 6.22. The fourth-order valence-electron chi connectivity index (χ4n) is 3.82. The lowest BCUT2D eigenvalue weighted by atomic mass is 9.84. The molecule has 0 amide bonds. The van der Waals surface area contributed by atoms with Crippen molar-refractivity contribution in [1.29, 1.82) is 0 Å². The topological polar surface area (TPSA) is 0 Å². The van der Waals surface area contributed by atoms with E-state index in [1.807, 2.05) is 0 Å². The van der Waals surface area contributed by atoms with Crippen molar-refractivity contribution in [1.82, 2.24) is 0 Å². The predicted octanol–water partition coefficient (Wildman–Crippen LogP) is 6.79. The van der Waals surface area contributed by atoms with Gasteiger partial charge in [0.25, 0.3) is 0 Å². The third-order valence-corrected chi connectivity index (χ3v) is 5.49. The van der Waals surface area contributed by atoms with Gasteiger partial charge in [0, 0.05) is 0 Å². The normalized spacial score (nSPS) is 18.0. The van der Waals surface area contributed by atoms with Gasteiger partial charge in [0.1, 0.15) is 0 Å². The van der Waals surface area contributed by atoms with Crippen molar-refractivity contribution in [3.63, 3.8) is 0 Å². The number of rotatable bonds is 4. The molecule has 112 valence electrons. The Morgan fingerprint density at radius 3 is 2.62 bits per heavy atom. The fraction of sp³-hybridized carbons (Fsp3) is 0.500. The molecule has 1 aliphatic rings. The van der Waals surface area contributed by atoms with Gasteiger partial charge in [-0.05, 0) is 47.6 Å². The Morgan fingerprint density at radius 2 is 1.81 bits per heavy atom. The molecule has 0 heterocycles. The van der Waals surface area contributed by atoms with Crippen molar-refractivity contribution in [3.05, 3.63) is 47.5 Å². The number of hydrogen-bond donors (Lipinski definition) is 0. The molecule has 1 fully saturated rings. The second-order valence-corrected chi connectivity index (χ2v) is 7.09. The summed E-state index contributed by atoms with van der Waals surface area (Å²) < 4.78 is 0. The minimum atomic E-state index is 0.151. The average molecular weight is 301 g/mol. The predicted molar refractivity (Wildman–Crippen MR) is 93.1 cm³/mol. The van der Waals surface area contributed by atoms with Gasteiger partial charge in [-0.1, -0.05) is 68.5 Å². The van der Waals surface area contributed by atoms with Crippen LogP contribution in [-0.4, -0.2) is 0 Å². The van der Waals surface area contributed by atoms with E-state index in [0.29, 0.717) is 0 Å². The van der Waals surface area contributed by atoms with Crippen LogP contribution in [0.2, 0.25) is 0 Å². The monoisotopic (exact) mass is 300 g/mol. The molecule has 0 radical (unpaired) electrons. The van der Waals surface area contributed by atoms with Crippen LogP contribution in [0.3, 0.4) is 0 Å². The number of alkyl halides is 1. The van der Waals surface area contributed by atoms with E-state index in [4.69, 9.17) is 11.6 Å². The van der Waals surface area contributed by atoms with Crippen LogP contribution in [0.1, 0.15) is 61.4 Å². The SMILES string of the molecule is Cc1ccc2ccccc2c1C(Cl)CCC1CCCCC1. The minimum Gasteiger partial charge on any atom is -0.118 e. The molecule has 2 aromatic rings. The molecule has 1 heteroatoms. The third kappa shape index (κ3) is 3.43. The lowest BCUT2D eigenvalue weighted by molar-refractivity contribution is 0.331. The summed E-state index contributed by atoms with van der Waals surface area (Å²) in [5, 5.41) is 2.79. The third-order valence-electron chi connectivity index (χ3n) is 5.06. The lowest BCUT2D eigenvalue weighted by Gasteiger charge is -2.23. The highest BCUT2D eigenvalue weighted by atomic mass is 35.5. The van der Waals surface area contributed by atoms with E-state index in [-0.39, 0.29) is 5.38 Å². The summed E-state index contributed by atoms with van der Waals surface area (Å²) in [7, 11) is 0. The molecule has 2 aromatic carbocycles. The smallest absolute Gasteiger partial charge is 0.0594 e. The second kappa shape index (κ2) is 6.83. The summed E-state index contributed by atoms with van der Waals surface area (Å²) in [5.41, 5.74) is 2.68. The molecule has 1 unspecified atom stereocenters. The Bertz CT molecular complexity index is 596. The average Bonchev–Trinajstić information content (AvgIpc) is 2.53. The maximum atomic E-state index is 6.81. The zero-order valence-electron chi connectivity index (χ0n) is 12.9. The molecule has 1 saturated carbocycles. The number of hydrogen-bond acceptors (Lipinski definition) is 0. The first-order chi connectivity index (χ1) is 10.3. The summed E-state index contributed by atoms with van der Waals surface area (Å²) in [6, 6.07) is 13.0. The summed E-state index contributed by atoms with van der Waals surface area (Å²) in [4.78, 5) is 0. The molecule has 1 atom stereocenters. The Labute approximate surface area is 133 Å². The van der Waals surface area contributed by atoms with Crippen LogP contribution >= 0.6 is 11.6 Å². The van der Waals surface area contributed by atoms with E-state index < -0.39 is 0 Å². The van der Waals surface area contributed by atoms with Gasteiger partial charge in [-0.2, -0.15) is 0 Å². The molecule has 0 saturated heterocycles. The molecule has 0 N–H and O–H groups in total. The number of halogens is 1. The van der Waals surface area contributed by atoms with E-state index in [9.17, 15) is 0 Å². The van der Waals surface area contributed by atoms with Gasteiger partial charge in [0.15, 0.2) is 0 Å². The Balaban J connectivity index is 1.77. The summed E-state index contributed by atoms with van der Waals surface area (Å²) >= 11 is 6.81. The summed E-state index contributed by atoms with van der Waals surface area (Å²) in [5.74, 6) is 0.912. The number of aryl methyl sites for hydroxylation is 1. The first-order valence-electron chi connectivity index (χ1n) is 8.38. The lowest BCUT2D eigenvalue weighted by Crippen LogP contribution is -2.07. The van der Waals surface area contributed by atoms with Gasteiger partial charge in [0.05, 0.1) is 5.38 Å². The van der Waals surface area contributed by atoms with Gasteiger partial charge in [-0.25, -0.2) is 0 Å². The van der Waals surface area contributed by atoms with Crippen molar-refractivity contribution in [2.45, 2.75) is 57.2 Å². The number of benzene rings is 2. The van der Waals surface area contributed by atoms with Gasteiger partial charge >= 0.3 is 0 Å². The summed E-state index contributed by atoms with van der Waals surface area (Å²) in [6.07, 6.45) is 9.51. The first-order valence-corrected chi connectivity index (χ1v) is 8.81. The molecule has 0 aromatic heterocycles. The Morgan fingerprint density at radius 1 is 1.05 bits per heavy atom. The van der Waals surface area contributed by atoms with E-state index in [1.54, 1.807) is 0 Å². The van der Waals surface area contributed by atoms with Crippen LogP contribution in [0.15, 0.2) is 36.4 Å². The molecule has 1 aliphatic carbocycles. The molecule has 21 heavy (non-hydrogen) atoms. The molecular formula is C20H25Cl. The van der Waals surface area contributed by atoms with E-state index in [0.717, 1.165) is 12.3 Å². The van der Waals surface area contributed by atoms with Crippen LogP contribution in [-0.2, 0) is 0 Å². The first kappa shape index (κ1) is 14.9. The quantitative estimate of drug-likeness (QED) is 0.545. The van der Waals surface area contributed by atoms with Gasteiger partial charge in [0.2, 0.25) is 0 Å². The van der Waals surface area contributed by atoms with E-state index >= 15 is 0 Å². The Kier molecular flexibility index (Phi) is 4.85. The minimum absolute atomic E-state index is 0.151. The van der Waals surface area contributed by atoms with Crippen molar-refractivity contribution >= 4 is 22.4 Å². The van der Waals surface area contributed by atoms with Crippen molar-refractivity contribution < 1.29 is 0 Å². The van der Waals surface area contributed by atoms with Crippen molar-refractivity contribution in [3.8, 4) is 0 Å². The van der Waals surface area contributed by atoms with Gasteiger partial charge in [-0.15, -0.1) is 11.6 Å². The van der Waals surface area contributed by atoms with Crippen LogP contribution in [0.25, 0.3) is 10.8 Å². The van der Waals surface area contributed by atoms with Crippen molar-refractivity contribution in [2.24, 2.45) is 5.92 Å². The van der Waals surface area contributed by atoms with Crippen LogP contribution in [0, 0.1) is 12.8 Å². The molecule has 0 nitrogen and oxygen atoms in total. The molecule has 0 spiro atoms. The van der Waals surface area contributed by atoms with Crippen LogP contribution < -0.4 is 0 Å². The van der Waals surface area contributed by atoms with Crippen LogP contribution in [0.4, 0.5) is 0 Å². The maximum Gasteiger partial charge on any atom is 0.0594 e. The molecule has 3 rings (SSSR count). The highest BCUT2D eigenvalue weighted by Crippen LogP contribution is 2.37. The standard InChI is InChI=1S/C20H25Cl/c1-15-11-13-17-9-5-6-10-18(17)20(15)19(21)14-12-16-7-3-2-4-8-16/h5-6,9-11,13,16,19H,2-4,7-8,12,14H2,1H3. The molecule has 0 aliphatic heterocycles. The number of fused-ring (bicyclic) bond motifs is 1. The fourth-order valence-corrected chi connectivity index (χ4v) is 4.24. The zero-order chi connectivity index (χ0) is 14.7. The second-order valence-electron chi connectivity index (χ2n) is 6.57. The Hall–Kier alpha value is -1.01. The van der Waals surface area contributed by atoms with Crippen molar-refractivity contribution in [2.75, 3.05) is 0 Å². The van der Waals surface area contributed by atoms with E-state index in [2.05, 4.69) is 43.3 Å². The maximum absolute atomic E-state index is 6.81. The highest BCUT2D eigenvalue weighted by Gasteiger charge is 2.18. The van der Waals surface area contributed by atoms with Gasteiger partial charge in [-0.3, -0.25) is 0 Å². The molecule has 0 bridgehead atoms. The largest absolute Gasteiger partial charge is 0.118 e. The zero-order valence-corrected chi connectivity index (χ0v) is 13.7. The van der Waals surface area contributed by atoms with Crippen LogP contribution in [0.5, 0.6) is 0 Å².